The van der Waals surface area contributed by atoms with E-state index in [9.17, 15) is 4.79 Å². The third kappa shape index (κ3) is 5.14. The van der Waals surface area contributed by atoms with Gasteiger partial charge in [-0.3, -0.25) is 4.79 Å². The van der Waals surface area contributed by atoms with Crippen molar-refractivity contribution in [2.75, 3.05) is 13.1 Å². The number of amides is 1. The van der Waals surface area contributed by atoms with E-state index in [4.69, 9.17) is 0 Å². The smallest absolute Gasteiger partial charge is 0.224 e. The van der Waals surface area contributed by atoms with E-state index in [0.29, 0.717) is 11.5 Å². The van der Waals surface area contributed by atoms with E-state index in [1.54, 1.807) is 0 Å². The summed E-state index contributed by atoms with van der Waals surface area (Å²) in [5.41, 5.74) is 0.461. The molecule has 1 heterocycles. The van der Waals surface area contributed by atoms with E-state index in [-0.39, 0.29) is 24.2 Å². The lowest BCUT2D eigenvalue weighted by molar-refractivity contribution is -0.126. The highest BCUT2D eigenvalue weighted by Crippen LogP contribution is 2.40. The van der Waals surface area contributed by atoms with Crippen LogP contribution in [0.3, 0.4) is 0 Å². The zero-order valence-corrected chi connectivity index (χ0v) is 14.7. The highest BCUT2D eigenvalue weighted by atomic mass is 35.5. The maximum absolute atomic E-state index is 12.2. The third-order valence-corrected chi connectivity index (χ3v) is 5.76. The lowest BCUT2D eigenvalue weighted by atomic mass is 9.69. The number of hydrogen-bond donors (Lipinski definition) is 2. The van der Waals surface area contributed by atoms with Crippen molar-refractivity contribution in [1.29, 1.82) is 0 Å². The number of carbonyl (C=O) groups excluding carboxylic acids is 1. The summed E-state index contributed by atoms with van der Waals surface area (Å²) >= 11 is 0. The Labute approximate surface area is 136 Å². The summed E-state index contributed by atoms with van der Waals surface area (Å²) in [4.78, 5) is 12.2. The third-order valence-electron chi connectivity index (χ3n) is 5.76. The molecule has 1 atom stereocenters. The van der Waals surface area contributed by atoms with Crippen molar-refractivity contribution < 1.29 is 4.79 Å². The predicted octanol–water partition coefficient (Wildman–Crippen LogP) is 3.52. The van der Waals surface area contributed by atoms with Crippen LogP contribution in [0.5, 0.6) is 0 Å². The van der Waals surface area contributed by atoms with E-state index in [1.165, 1.54) is 32.1 Å². The quantitative estimate of drug-likeness (QED) is 0.833. The van der Waals surface area contributed by atoms with Gasteiger partial charge in [0.2, 0.25) is 5.91 Å². The van der Waals surface area contributed by atoms with E-state index in [2.05, 4.69) is 31.4 Å². The first-order chi connectivity index (χ1) is 9.53. The zero-order chi connectivity index (χ0) is 14.6. The number of hydrogen-bond acceptors (Lipinski definition) is 2. The van der Waals surface area contributed by atoms with Crippen LogP contribution in [-0.4, -0.2) is 25.0 Å². The second kappa shape index (κ2) is 8.38. The highest BCUT2D eigenvalue weighted by Gasteiger charge is 2.33. The monoisotopic (exact) mass is 316 g/mol. The van der Waals surface area contributed by atoms with E-state index in [1.807, 2.05) is 0 Å². The molecule has 1 unspecified atom stereocenters. The molecule has 2 N–H and O–H groups in total. The number of nitrogens with one attached hydrogen (secondary N) is 2. The second-order valence-electron chi connectivity index (χ2n) is 7.44. The molecular formula is C17H33ClN2O. The van der Waals surface area contributed by atoms with Crippen LogP contribution in [0.2, 0.25) is 0 Å². The minimum absolute atomic E-state index is 0. The van der Waals surface area contributed by atoms with E-state index in [0.717, 1.165) is 31.8 Å². The first-order valence-corrected chi connectivity index (χ1v) is 8.54. The summed E-state index contributed by atoms with van der Waals surface area (Å²) in [6.07, 6.45) is 8.32. The van der Waals surface area contributed by atoms with Gasteiger partial charge in [-0.1, -0.05) is 27.2 Å². The molecule has 2 rings (SSSR count). The van der Waals surface area contributed by atoms with Crippen molar-refractivity contribution in [3.05, 3.63) is 0 Å². The lowest BCUT2D eigenvalue weighted by Crippen LogP contribution is -2.46. The van der Waals surface area contributed by atoms with Crippen LogP contribution >= 0.6 is 12.4 Å². The predicted molar refractivity (Wildman–Crippen MR) is 90.8 cm³/mol. The van der Waals surface area contributed by atoms with Crippen molar-refractivity contribution in [1.82, 2.24) is 10.6 Å². The zero-order valence-electron chi connectivity index (χ0n) is 13.9. The van der Waals surface area contributed by atoms with Gasteiger partial charge in [0.1, 0.15) is 0 Å². The summed E-state index contributed by atoms with van der Waals surface area (Å²) in [7, 11) is 0. The molecule has 0 bridgehead atoms. The summed E-state index contributed by atoms with van der Waals surface area (Å²) in [6.45, 7) is 9.02. The molecule has 2 aliphatic rings. The van der Waals surface area contributed by atoms with Gasteiger partial charge in [-0.05, 0) is 56.4 Å². The number of piperidine rings is 1. The van der Waals surface area contributed by atoms with Gasteiger partial charge in [-0.15, -0.1) is 12.4 Å². The SMILES string of the molecule is CCC(C)(C)C1CCC(NC(=O)C2CCCNC2)CC1.Cl. The molecule has 1 saturated heterocycles. The highest BCUT2D eigenvalue weighted by molar-refractivity contribution is 5.85. The average Bonchev–Trinajstić information content (AvgIpc) is 2.48. The van der Waals surface area contributed by atoms with Crippen molar-refractivity contribution >= 4 is 18.3 Å². The molecule has 3 nitrogen and oxygen atoms in total. The average molecular weight is 317 g/mol. The van der Waals surface area contributed by atoms with Gasteiger partial charge in [-0.25, -0.2) is 0 Å². The fraction of sp³-hybridized carbons (Fsp3) is 0.941. The Bertz CT molecular complexity index is 319. The molecule has 1 aliphatic carbocycles. The molecule has 21 heavy (non-hydrogen) atoms. The maximum Gasteiger partial charge on any atom is 0.224 e. The van der Waals surface area contributed by atoms with Crippen molar-refractivity contribution in [3.63, 3.8) is 0 Å². The van der Waals surface area contributed by atoms with Gasteiger partial charge in [0.15, 0.2) is 0 Å². The molecule has 0 radical (unpaired) electrons. The molecule has 0 aromatic carbocycles. The Balaban J connectivity index is 0.00000220. The van der Waals surface area contributed by atoms with Crippen LogP contribution in [0.1, 0.15) is 65.7 Å². The standard InChI is InChI=1S/C17H32N2O.ClH/c1-4-17(2,3)14-7-9-15(10-8-14)19-16(20)13-6-5-11-18-12-13;/h13-15,18H,4-12H2,1-3H3,(H,19,20);1H. The van der Waals surface area contributed by atoms with Crippen molar-refractivity contribution in [3.8, 4) is 0 Å². The van der Waals surface area contributed by atoms with Gasteiger partial charge in [0.05, 0.1) is 5.92 Å². The summed E-state index contributed by atoms with van der Waals surface area (Å²) in [5, 5.41) is 6.63. The number of halogens is 1. The van der Waals surface area contributed by atoms with Crippen LogP contribution in [0.25, 0.3) is 0 Å². The van der Waals surface area contributed by atoms with Crippen LogP contribution in [0.15, 0.2) is 0 Å². The van der Waals surface area contributed by atoms with Gasteiger partial charge in [0, 0.05) is 12.6 Å². The van der Waals surface area contributed by atoms with Crippen LogP contribution in [0.4, 0.5) is 0 Å². The number of rotatable bonds is 4. The van der Waals surface area contributed by atoms with Crippen molar-refractivity contribution in [2.24, 2.45) is 17.3 Å². The number of carbonyl (C=O) groups is 1. The molecule has 2 fully saturated rings. The van der Waals surface area contributed by atoms with E-state index < -0.39 is 0 Å². The molecule has 1 saturated carbocycles. The second-order valence-corrected chi connectivity index (χ2v) is 7.44. The Morgan fingerprint density at radius 2 is 1.86 bits per heavy atom. The topological polar surface area (TPSA) is 41.1 Å². The van der Waals surface area contributed by atoms with Crippen LogP contribution in [-0.2, 0) is 4.79 Å². The first kappa shape index (κ1) is 18.8. The van der Waals surface area contributed by atoms with Gasteiger partial charge < -0.3 is 10.6 Å². The fourth-order valence-electron chi connectivity index (χ4n) is 3.70. The van der Waals surface area contributed by atoms with Crippen LogP contribution < -0.4 is 10.6 Å². The largest absolute Gasteiger partial charge is 0.353 e. The van der Waals surface area contributed by atoms with Gasteiger partial charge in [-0.2, -0.15) is 0 Å². The molecule has 0 spiro atoms. The molecule has 0 aromatic rings. The minimum atomic E-state index is 0. The van der Waals surface area contributed by atoms with Gasteiger partial charge >= 0.3 is 0 Å². The Kier molecular flexibility index (Phi) is 7.49. The molecule has 124 valence electrons. The fourth-order valence-corrected chi connectivity index (χ4v) is 3.70. The minimum Gasteiger partial charge on any atom is -0.353 e. The van der Waals surface area contributed by atoms with E-state index >= 15 is 0 Å². The molecule has 1 amide bonds. The Morgan fingerprint density at radius 3 is 2.38 bits per heavy atom. The van der Waals surface area contributed by atoms with Crippen molar-refractivity contribution in [2.45, 2.75) is 71.8 Å². The normalized spacial score (nSPS) is 30.3. The van der Waals surface area contributed by atoms with Crippen LogP contribution in [0, 0.1) is 17.3 Å². The molecule has 1 aliphatic heterocycles. The molecule has 4 heteroatoms. The first-order valence-electron chi connectivity index (χ1n) is 8.54. The molecule has 0 aromatic heterocycles. The summed E-state index contributed by atoms with van der Waals surface area (Å²) in [5.74, 6) is 1.32. The molecular weight excluding hydrogens is 284 g/mol. The summed E-state index contributed by atoms with van der Waals surface area (Å²) < 4.78 is 0. The lowest BCUT2D eigenvalue weighted by Gasteiger charge is -2.39. The maximum atomic E-state index is 12.2. The Hall–Kier alpha value is -0.280. The Morgan fingerprint density at radius 1 is 1.19 bits per heavy atom. The van der Waals surface area contributed by atoms with Gasteiger partial charge in [0.25, 0.3) is 0 Å². The summed E-state index contributed by atoms with van der Waals surface area (Å²) in [6, 6.07) is 0.424.